The number of anilines is 2. The normalized spacial score (nSPS) is 15.1. The summed E-state index contributed by atoms with van der Waals surface area (Å²) in [5.41, 5.74) is 7.55. The van der Waals surface area contributed by atoms with Gasteiger partial charge in [0, 0.05) is 62.5 Å². The molecule has 1 saturated heterocycles. The van der Waals surface area contributed by atoms with Gasteiger partial charge in [-0.3, -0.25) is 4.90 Å². The van der Waals surface area contributed by atoms with Crippen molar-refractivity contribution in [1.82, 2.24) is 24.8 Å². The monoisotopic (exact) mass is 491 g/mol. The van der Waals surface area contributed by atoms with Crippen LogP contribution in [0.4, 0.5) is 11.8 Å². The number of methoxy groups -OCH3 is 2. The number of nitrogens with two attached hydrogens (primary N) is 1. The van der Waals surface area contributed by atoms with Crippen molar-refractivity contribution in [3.05, 3.63) is 28.4 Å². The van der Waals surface area contributed by atoms with Crippen molar-refractivity contribution in [3.63, 3.8) is 0 Å². The van der Waals surface area contributed by atoms with Gasteiger partial charge in [0.1, 0.15) is 17.0 Å². The van der Waals surface area contributed by atoms with E-state index in [9.17, 15) is 0 Å². The lowest BCUT2D eigenvalue weighted by atomic mass is 10.1. The van der Waals surface area contributed by atoms with E-state index in [0.29, 0.717) is 50.7 Å². The van der Waals surface area contributed by atoms with Crippen LogP contribution in [0.25, 0.3) is 22.2 Å². The van der Waals surface area contributed by atoms with Gasteiger partial charge < -0.3 is 25.4 Å². The number of ether oxygens (including phenoxy) is 2. The van der Waals surface area contributed by atoms with E-state index in [1.165, 1.54) is 14.2 Å². The fourth-order valence-corrected chi connectivity index (χ4v) is 4.51. The van der Waals surface area contributed by atoms with Gasteiger partial charge in [0.05, 0.1) is 30.0 Å². The Morgan fingerprint density at radius 3 is 2.33 bits per heavy atom. The van der Waals surface area contributed by atoms with Crippen LogP contribution in [0.3, 0.4) is 0 Å². The van der Waals surface area contributed by atoms with Crippen LogP contribution < -0.4 is 20.5 Å². The minimum Gasteiger partial charge on any atom is -0.495 e. The van der Waals surface area contributed by atoms with Crippen molar-refractivity contribution >= 4 is 45.9 Å². The van der Waals surface area contributed by atoms with Crippen LogP contribution >= 0.6 is 23.2 Å². The van der Waals surface area contributed by atoms with Crippen LogP contribution in [0, 0.1) is 0 Å². The molecule has 0 unspecified atom stereocenters. The van der Waals surface area contributed by atoms with Crippen molar-refractivity contribution in [1.29, 1.82) is 0 Å². The molecule has 0 saturated carbocycles. The minimum atomic E-state index is 0.179. The number of nitrogens with one attached hydrogen (secondary N) is 1. The molecule has 1 aliphatic heterocycles. The maximum atomic E-state index is 6.64. The number of hydrogen-bond acceptors (Lipinski definition) is 9. The summed E-state index contributed by atoms with van der Waals surface area (Å²) in [5.74, 6) is 1.64. The Hall–Kier alpha value is -2.59. The Kier molecular flexibility index (Phi) is 7.23. The van der Waals surface area contributed by atoms with E-state index < -0.39 is 0 Å². The molecule has 1 fully saturated rings. The second-order valence-corrected chi connectivity index (χ2v) is 8.63. The standard InChI is InChI=1S/C22H27Cl2N7O2/c1-30-6-8-31(9-7-30)5-4-26-21-20-13(12-27-22(25)29-20)10-14(28-21)17-18(23)15(32-2)11-16(33-3)19(17)24/h10-12H,4-9H2,1-3H3,(H,26,28)(H2,25,27,29). The summed E-state index contributed by atoms with van der Waals surface area (Å²) in [6, 6.07) is 3.47. The number of rotatable bonds is 7. The van der Waals surface area contributed by atoms with Crippen molar-refractivity contribution in [2.75, 3.05) is 71.6 Å². The van der Waals surface area contributed by atoms with Crippen molar-refractivity contribution in [2.24, 2.45) is 0 Å². The Balaban J connectivity index is 1.72. The first-order chi connectivity index (χ1) is 15.9. The number of nitrogen functional groups attached to an aromatic ring is 1. The molecule has 3 N–H and O–H groups in total. The summed E-state index contributed by atoms with van der Waals surface area (Å²) in [6.07, 6.45) is 1.66. The second kappa shape index (κ2) is 10.1. The Morgan fingerprint density at radius 2 is 1.70 bits per heavy atom. The molecular formula is C22H27Cl2N7O2. The van der Waals surface area contributed by atoms with Gasteiger partial charge in [-0.1, -0.05) is 23.2 Å². The average Bonchev–Trinajstić information content (AvgIpc) is 2.81. The summed E-state index contributed by atoms with van der Waals surface area (Å²) >= 11 is 13.3. The highest BCUT2D eigenvalue weighted by molar-refractivity contribution is 6.41. The predicted octanol–water partition coefficient (Wildman–Crippen LogP) is 3.26. The molecule has 0 spiro atoms. The third kappa shape index (κ3) is 5.01. The number of hydrogen-bond donors (Lipinski definition) is 2. The van der Waals surface area contributed by atoms with Crippen molar-refractivity contribution in [2.45, 2.75) is 0 Å². The van der Waals surface area contributed by atoms with Crippen LogP contribution in [0.2, 0.25) is 10.0 Å². The predicted molar refractivity (Wildman–Crippen MR) is 133 cm³/mol. The van der Waals surface area contributed by atoms with Crippen LogP contribution in [-0.2, 0) is 0 Å². The van der Waals surface area contributed by atoms with Gasteiger partial charge in [0.2, 0.25) is 5.95 Å². The van der Waals surface area contributed by atoms with Gasteiger partial charge in [0.25, 0.3) is 0 Å². The Bertz CT molecular complexity index is 1130. The molecule has 4 rings (SSSR count). The number of piperazine rings is 1. The SMILES string of the molecule is COc1cc(OC)c(Cl)c(-c2cc3cnc(N)nc3c(NCCN3CCN(C)CC3)n2)c1Cl. The lowest BCUT2D eigenvalue weighted by Gasteiger charge is -2.32. The molecule has 1 aromatic carbocycles. The molecule has 0 atom stereocenters. The van der Waals surface area contributed by atoms with E-state index in [1.54, 1.807) is 12.3 Å². The number of fused-ring (bicyclic) bond motifs is 1. The van der Waals surface area contributed by atoms with E-state index in [2.05, 4.69) is 32.1 Å². The van der Waals surface area contributed by atoms with Gasteiger partial charge in [-0.05, 0) is 13.1 Å². The third-order valence-electron chi connectivity index (χ3n) is 5.73. The average molecular weight is 492 g/mol. The first kappa shape index (κ1) is 23.6. The van der Waals surface area contributed by atoms with Crippen molar-refractivity contribution in [3.8, 4) is 22.8 Å². The van der Waals surface area contributed by atoms with E-state index in [-0.39, 0.29) is 5.95 Å². The molecule has 1 aliphatic rings. The summed E-state index contributed by atoms with van der Waals surface area (Å²) in [4.78, 5) is 18.1. The summed E-state index contributed by atoms with van der Waals surface area (Å²) in [6.45, 7) is 5.79. The molecule has 33 heavy (non-hydrogen) atoms. The van der Waals surface area contributed by atoms with Crippen LogP contribution in [0.5, 0.6) is 11.5 Å². The van der Waals surface area contributed by atoms with E-state index in [4.69, 9.17) is 43.4 Å². The van der Waals surface area contributed by atoms with Gasteiger partial charge in [-0.25, -0.2) is 15.0 Å². The molecule has 0 bridgehead atoms. The molecule has 3 aromatic rings. The molecule has 3 heterocycles. The number of benzene rings is 1. The van der Waals surface area contributed by atoms with Gasteiger partial charge in [-0.2, -0.15) is 0 Å². The minimum absolute atomic E-state index is 0.179. The fourth-order valence-electron chi connectivity index (χ4n) is 3.82. The smallest absolute Gasteiger partial charge is 0.220 e. The van der Waals surface area contributed by atoms with Gasteiger partial charge >= 0.3 is 0 Å². The Labute approximate surface area is 202 Å². The van der Waals surface area contributed by atoms with E-state index in [1.807, 2.05) is 6.07 Å². The summed E-state index contributed by atoms with van der Waals surface area (Å²) in [7, 11) is 5.22. The second-order valence-electron chi connectivity index (χ2n) is 7.88. The van der Waals surface area contributed by atoms with Crippen molar-refractivity contribution < 1.29 is 9.47 Å². The van der Waals surface area contributed by atoms with Gasteiger partial charge in [0.15, 0.2) is 5.82 Å². The number of halogens is 2. The fraction of sp³-hybridized carbons (Fsp3) is 0.409. The quantitative estimate of drug-likeness (QED) is 0.515. The maximum Gasteiger partial charge on any atom is 0.220 e. The number of nitrogens with zero attached hydrogens (tertiary/aromatic N) is 5. The maximum absolute atomic E-state index is 6.64. The molecular weight excluding hydrogens is 465 g/mol. The van der Waals surface area contributed by atoms with E-state index >= 15 is 0 Å². The first-order valence-electron chi connectivity index (χ1n) is 10.6. The van der Waals surface area contributed by atoms with Crippen LogP contribution in [0.15, 0.2) is 18.3 Å². The van der Waals surface area contributed by atoms with Crippen LogP contribution in [0.1, 0.15) is 0 Å². The Morgan fingerprint density at radius 1 is 1.03 bits per heavy atom. The number of aromatic nitrogens is 3. The zero-order valence-corrected chi connectivity index (χ0v) is 20.4. The molecule has 2 aromatic heterocycles. The molecule has 0 amide bonds. The van der Waals surface area contributed by atoms with E-state index in [0.717, 1.165) is 38.1 Å². The summed E-state index contributed by atoms with van der Waals surface area (Å²) < 4.78 is 10.8. The zero-order chi connectivity index (χ0) is 23.5. The topological polar surface area (TPSA) is 102 Å². The first-order valence-corrected chi connectivity index (χ1v) is 11.3. The highest BCUT2D eigenvalue weighted by Crippen LogP contribution is 2.46. The largest absolute Gasteiger partial charge is 0.495 e. The lowest BCUT2D eigenvalue weighted by Crippen LogP contribution is -2.45. The number of pyridine rings is 1. The zero-order valence-electron chi connectivity index (χ0n) is 18.9. The molecule has 0 aliphatic carbocycles. The molecule has 9 nitrogen and oxygen atoms in total. The summed E-state index contributed by atoms with van der Waals surface area (Å²) in [5, 5.41) is 4.86. The van der Waals surface area contributed by atoms with Crippen LogP contribution in [-0.4, -0.2) is 85.3 Å². The molecule has 0 radical (unpaired) electrons. The third-order valence-corrected chi connectivity index (χ3v) is 6.48. The highest BCUT2D eigenvalue weighted by Gasteiger charge is 2.22. The molecule has 176 valence electrons. The number of likely N-dealkylation sites (N-methyl/N-ethyl adjacent to an activating group) is 1. The highest BCUT2D eigenvalue weighted by atomic mass is 35.5. The molecule has 11 heteroatoms. The van der Waals surface area contributed by atoms with Gasteiger partial charge in [-0.15, -0.1) is 0 Å². The lowest BCUT2D eigenvalue weighted by molar-refractivity contribution is 0.158.